The Hall–Kier alpha value is -3.74. The van der Waals surface area contributed by atoms with Gasteiger partial charge < -0.3 is 15.4 Å². The second kappa shape index (κ2) is 9.98. The number of benzene rings is 2. The molecular formula is C22H22N4O3. The van der Waals surface area contributed by atoms with Crippen LogP contribution in [0.4, 0.5) is 11.5 Å². The number of methoxy groups -OCH3 is 1. The first kappa shape index (κ1) is 20.0. The number of rotatable bonds is 8. The highest BCUT2D eigenvalue weighted by atomic mass is 16.5. The van der Waals surface area contributed by atoms with Gasteiger partial charge in [0.15, 0.2) is 0 Å². The molecule has 1 aromatic heterocycles. The summed E-state index contributed by atoms with van der Waals surface area (Å²) in [4.78, 5) is 32.1. The van der Waals surface area contributed by atoms with Crippen molar-refractivity contribution >= 4 is 23.4 Å². The van der Waals surface area contributed by atoms with Gasteiger partial charge in [-0.3, -0.25) is 4.79 Å². The lowest BCUT2D eigenvalue weighted by Gasteiger charge is -2.07. The molecule has 0 aliphatic carbocycles. The van der Waals surface area contributed by atoms with E-state index in [9.17, 15) is 9.59 Å². The summed E-state index contributed by atoms with van der Waals surface area (Å²) in [6.45, 7) is 0.766. The molecule has 0 aliphatic rings. The van der Waals surface area contributed by atoms with E-state index in [1.165, 1.54) is 25.1 Å². The van der Waals surface area contributed by atoms with E-state index in [2.05, 4.69) is 37.5 Å². The van der Waals surface area contributed by atoms with Gasteiger partial charge >= 0.3 is 5.97 Å². The predicted octanol–water partition coefficient (Wildman–Crippen LogP) is 3.56. The van der Waals surface area contributed by atoms with Crippen molar-refractivity contribution in [2.45, 2.75) is 12.8 Å². The number of carbonyl (C=O) groups excluding carboxylic acids is 2. The van der Waals surface area contributed by atoms with Crippen molar-refractivity contribution in [1.82, 2.24) is 9.97 Å². The molecule has 1 heterocycles. The molecule has 7 nitrogen and oxygen atoms in total. The maximum absolute atomic E-state index is 12.3. The summed E-state index contributed by atoms with van der Waals surface area (Å²) in [5.74, 6) is -0.184. The van der Waals surface area contributed by atoms with Crippen LogP contribution >= 0.6 is 0 Å². The van der Waals surface area contributed by atoms with Crippen LogP contribution in [-0.2, 0) is 11.2 Å². The van der Waals surface area contributed by atoms with Crippen molar-refractivity contribution in [3.05, 3.63) is 83.8 Å². The van der Waals surface area contributed by atoms with Gasteiger partial charge in [-0.1, -0.05) is 30.3 Å². The number of aromatic nitrogens is 2. The normalized spacial score (nSPS) is 10.2. The van der Waals surface area contributed by atoms with Crippen molar-refractivity contribution in [3.63, 3.8) is 0 Å². The first-order chi connectivity index (χ1) is 14.2. The summed E-state index contributed by atoms with van der Waals surface area (Å²) in [5.41, 5.74) is 2.46. The summed E-state index contributed by atoms with van der Waals surface area (Å²) in [6, 6.07) is 16.7. The lowest BCUT2D eigenvalue weighted by Crippen LogP contribution is -2.15. The van der Waals surface area contributed by atoms with Crippen LogP contribution in [0, 0.1) is 0 Å². The lowest BCUT2D eigenvalue weighted by molar-refractivity contribution is 0.0600. The fourth-order valence-electron chi connectivity index (χ4n) is 2.69. The lowest BCUT2D eigenvalue weighted by atomic mass is 10.1. The van der Waals surface area contributed by atoms with E-state index in [1.54, 1.807) is 24.3 Å². The summed E-state index contributed by atoms with van der Waals surface area (Å²) in [6.07, 6.45) is 4.92. The van der Waals surface area contributed by atoms with Crippen LogP contribution in [0.1, 0.15) is 32.8 Å². The van der Waals surface area contributed by atoms with E-state index in [-0.39, 0.29) is 11.6 Å². The summed E-state index contributed by atoms with van der Waals surface area (Å²) < 4.78 is 4.64. The van der Waals surface area contributed by atoms with Crippen molar-refractivity contribution in [2.24, 2.45) is 0 Å². The van der Waals surface area contributed by atoms with Gasteiger partial charge in [-0.2, -0.15) is 0 Å². The van der Waals surface area contributed by atoms with Gasteiger partial charge in [0.25, 0.3) is 5.91 Å². The first-order valence-corrected chi connectivity index (χ1v) is 9.25. The number of amides is 1. The fraction of sp³-hybridized carbons (Fsp3) is 0.182. The van der Waals surface area contributed by atoms with Crippen LogP contribution < -0.4 is 10.6 Å². The van der Waals surface area contributed by atoms with Gasteiger partial charge in [0.1, 0.15) is 11.5 Å². The second-order valence-electron chi connectivity index (χ2n) is 6.33. The number of anilines is 2. The highest BCUT2D eigenvalue weighted by Gasteiger charge is 2.10. The van der Waals surface area contributed by atoms with E-state index >= 15 is 0 Å². The Bertz CT molecular complexity index is 942. The van der Waals surface area contributed by atoms with Gasteiger partial charge in [-0.25, -0.2) is 14.8 Å². The number of aryl methyl sites for hydroxylation is 1. The maximum atomic E-state index is 12.3. The van der Waals surface area contributed by atoms with Gasteiger partial charge in [-0.15, -0.1) is 0 Å². The molecule has 2 aromatic carbocycles. The first-order valence-electron chi connectivity index (χ1n) is 9.25. The van der Waals surface area contributed by atoms with Gasteiger partial charge in [0.2, 0.25) is 0 Å². The smallest absolute Gasteiger partial charge is 0.337 e. The zero-order valence-corrected chi connectivity index (χ0v) is 16.1. The Balaban J connectivity index is 1.47. The largest absolute Gasteiger partial charge is 0.465 e. The molecule has 1 amide bonds. The minimum Gasteiger partial charge on any atom is -0.465 e. The predicted molar refractivity (Wildman–Crippen MR) is 111 cm³/mol. The fourth-order valence-corrected chi connectivity index (χ4v) is 2.69. The van der Waals surface area contributed by atoms with E-state index in [1.807, 2.05) is 18.2 Å². The molecule has 3 rings (SSSR count). The third-order valence-electron chi connectivity index (χ3n) is 4.24. The zero-order valence-electron chi connectivity index (χ0n) is 16.1. The number of hydrogen-bond donors (Lipinski definition) is 2. The molecule has 0 saturated heterocycles. The molecule has 0 atom stereocenters. The van der Waals surface area contributed by atoms with Crippen LogP contribution in [0.5, 0.6) is 0 Å². The topological polar surface area (TPSA) is 93.2 Å². The molecule has 0 saturated carbocycles. The summed E-state index contributed by atoms with van der Waals surface area (Å²) in [5, 5.41) is 5.92. The minimum absolute atomic E-state index is 0.205. The molecule has 0 aliphatic heterocycles. The minimum atomic E-state index is -0.430. The van der Waals surface area contributed by atoms with Crippen LogP contribution in [0.25, 0.3) is 0 Å². The molecule has 148 valence electrons. The van der Waals surface area contributed by atoms with Crippen LogP contribution in [0.2, 0.25) is 0 Å². The quantitative estimate of drug-likeness (QED) is 0.451. The van der Waals surface area contributed by atoms with Crippen molar-refractivity contribution in [1.29, 1.82) is 0 Å². The standard InChI is InChI=1S/C22H22N4O3/c1-29-22(28)17-9-11-18(12-10-17)26-21(27)19-14-25-20(15-24-19)23-13-5-8-16-6-3-2-4-7-16/h2-4,6-7,9-12,14-15H,5,8,13H2,1H3,(H,23,25)(H,26,27). The third kappa shape index (κ3) is 5.87. The molecule has 0 fully saturated rings. The average Bonchev–Trinajstić information content (AvgIpc) is 2.78. The van der Waals surface area contributed by atoms with Crippen molar-refractivity contribution in [3.8, 4) is 0 Å². The highest BCUT2D eigenvalue weighted by molar-refractivity contribution is 6.03. The maximum Gasteiger partial charge on any atom is 0.337 e. The number of ether oxygens (including phenoxy) is 1. The molecule has 0 radical (unpaired) electrons. The Kier molecular flexibility index (Phi) is 6.89. The summed E-state index contributed by atoms with van der Waals surface area (Å²) in [7, 11) is 1.32. The monoisotopic (exact) mass is 390 g/mol. The Morgan fingerprint density at radius 3 is 2.38 bits per heavy atom. The molecule has 7 heteroatoms. The molecule has 0 bridgehead atoms. The molecule has 3 aromatic rings. The van der Waals surface area contributed by atoms with Crippen LogP contribution in [0.15, 0.2) is 67.0 Å². The number of hydrogen-bond acceptors (Lipinski definition) is 6. The zero-order chi connectivity index (χ0) is 20.5. The number of esters is 1. The van der Waals surface area contributed by atoms with Crippen LogP contribution in [-0.4, -0.2) is 35.5 Å². The van der Waals surface area contributed by atoms with Crippen molar-refractivity contribution in [2.75, 3.05) is 24.3 Å². The molecule has 0 spiro atoms. The van der Waals surface area contributed by atoms with Gasteiger partial charge in [-0.05, 0) is 42.7 Å². The van der Waals surface area contributed by atoms with Gasteiger partial charge in [0, 0.05) is 12.2 Å². The van der Waals surface area contributed by atoms with E-state index < -0.39 is 5.97 Å². The third-order valence-corrected chi connectivity index (χ3v) is 4.24. The number of carbonyl (C=O) groups is 2. The molecule has 29 heavy (non-hydrogen) atoms. The Morgan fingerprint density at radius 1 is 0.966 bits per heavy atom. The average molecular weight is 390 g/mol. The van der Waals surface area contributed by atoms with E-state index in [4.69, 9.17) is 0 Å². The van der Waals surface area contributed by atoms with Gasteiger partial charge in [0.05, 0.1) is 25.1 Å². The molecule has 2 N–H and O–H groups in total. The Labute approximate surface area is 169 Å². The Morgan fingerprint density at radius 2 is 1.72 bits per heavy atom. The number of nitrogens with zero attached hydrogens (tertiary/aromatic N) is 2. The van der Waals surface area contributed by atoms with Crippen LogP contribution in [0.3, 0.4) is 0 Å². The highest BCUT2D eigenvalue weighted by Crippen LogP contribution is 2.12. The number of nitrogens with one attached hydrogen (secondary N) is 2. The SMILES string of the molecule is COC(=O)c1ccc(NC(=O)c2cnc(NCCCc3ccccc3)cn2)cc1. The molecule has 0 unspecified atom stereocenters. The van der Waals surface area contributed by atoms with E-state index in [0.717, 1.165) is 19.4 Å². The second-order valence-corrected chi connectivity index (χ2v) is 6.33. The molecular weight excluding hydrogens is 368 g/mol. The van der Waals surface area contributed by atoms with E-state index in [0.29, 0.717) is 17.1 Å². The summed E-state index contributed by atoms with van der Waals surface area (Å²) >= 11 is 0. The van der Waals surface area contributed by atoms with Crippen molar-refractivity contribution < 1.29 is 14.3 Å².